The second-order valence-electron chi connectivity index (χ2n) is 3.59. The molecule has 2 N–H and O–H groups in total. The lowest BCUT2D eigenvalue weighted by molar-refractivity contribution is 0.416. The van der Waals surface area contributed by atoms with Crippen molar-refractivity contribution in [3.05, 3.63) is 35.9 Å². The van der Waals surface area contributed by atoms with Crippen LogP contribution in [-0.2, 0) is 6.42 Å². The fourth-order valence-electron chi connectivity index (χ4n) is 1.67. The summed E-state index contributed by atoms with van der Waals surface area (Å²) in [6, 6.07) is 10.3. The minimum absolute atomic E-state index is 0.832. The van der Waals surface area contributed by atoms with Crippen molar-refractivity contribution >= 4 is 16.3 Å². The summed E-state index contributed by atoms with van der Waals surface area (Å²) < 4.78 is 5.37. The number of hydrogen-bond donors (Lipinski definition) is 1. The molecule has 84 valence electrons. The summed E-state index contributed by atoms with van der Waals surface area (Å²) in [5, 5.41) is 0.832. The van der Waals surface area contributed by atoms with Crippen LogP contribution in [0.15, 0.2) is 30.3 Å². The van der Waals surface area contributed by atoms with Gasteiger partial charge in [-0.25, -0.2) is 0 Å². The molecule has 0 aliphatic rings. The van der Waals surface area contributed by atoms with E-state index in [1.165, 1.54) is 5.56 Å². The molecule has 0 unspecified atom stereocenters. The van der Waals surface area contributed by atoms with Gasteiger partial charge in [-0.2, -0.15) is 0 Å². The third-order valence-corrected chi connectivity index (χ3v) is 3.51. The van der Waals surface area contributed by atoms with E-state index in [0.717, 1.165) is 27.6 Å². The van der Waals surface area contributed by atoms with Crippen LogP contribution in [0, 0.1) is 0 Å². The zero-order chi connectivity index (χ0) is 11.5. The SMILES string of the molecule is CCc1ccc(OC)c(-c2ccc(N)s2)c1. The number of rotatable bonds is 3. The Morgan fingerprint density at radius 1 is 1.25 bits per heavy atom. The van der Waals surface area contributed by atoms with Crippen LogP contribution >= 0.6 is 11.3 Å². The molecule has 2 aromatic rings. The Balaban J connectivity index is 2.52. The van der Waals surface area contributed by atoms with Crippen molar-refractivity contribution in [2.45, 2.75) is 13.3 Å². The van der Waals surface area contributed by atoms with E-state index in [4.69, 9.17) is 10.5 Å². The Labute approximate surface area is 99.7 Å². The lowest BCUT2D eigenvalue weighted by Gasteiger charge is -2.08. The molecule has 0 saturated carbocycles. The Bertz CT molecular complexity index is 490. The van der Waals surface area contributed by atoms with Gasteiger partial charge in [0.2, 0.25) is 0 Å². The second kappa shape index (κ2) is 4.58. The van der Waals surface area contributed by atoms with Gasteiger partial charge >= 0.3 is 0 Å². The Morgan fingerprint density at radius 3 is 2.62 bits per heavy atom. The van der Waals surface area contributed by atoms with E-state index >= 15 is 0 Å². The van der Waals surface area contributed by atoms with Crippen molar-refractivity contribution in [3.63, 3.8) is 0 Å². The van der Waals surface area contributed by atoms with E-state index in [2.05, 4.69) is 19.1 Å². The molecular formula is C13H15NOS. The van der Waals surface area contributed by atoms with Crippen molar-refractivity contribution in [2.24, 2.45) is 0 Å². The molecule has 1 aromatic heterocycles. The summed E-state index contributed by atoms with van der Waals surface area (Å²) in [5.41, 5.74) is 8.19. The van der Waals surface area contributed by atoms with E-state index < -0.39 is 0 Å². The van der Waals surface area contributed by atoms with Crippen molar-refractivity contribution in [1.29, 1.82) is 0 Å². The molecule has 0 fully saturated rings. The number of benzene rings is 1. The van der Waals surface area contributed by atoms with E-state index in [0.29, 0.717) is 0 Å². The summed E-state index contributed by atoms with van der Waals surface area (Å²) >= 11 is 1.59. The van der Waals surface area contributed by atoms with Gasteiger partial charge in [-0.05, 0) is 36.2 Å². The molecule has 1 heterocycles. The van der Waals surface area contributed by atoms with Gasteiger partial charge in [0.05, 0.1) is 12.1 Å². The van der Waals surface area contributed by atoms with Crippen LogP contribution in [0.4, 0.5) is 5.00 Å². The van der Waals surface area contributed by atoms with Gasteiger partial charge in [0.1, 0.15) is 5.75 Å². The number of nitrogens with two attached hydrogens (primary N) is 1. The Kier molecular flexibility index (Phi) is 3.15. The van der Waals surface area contributed by atoms with Crippen LogP contribution in [0.1, 0.15) is 12.5 Å². The molecule has 0 aliphatic heterocycles. The first-order valence-corrected chi connectivity index (χ1v) is 6.09. The highest BCUT2D eigenvalue weighted by molar-refractivity contribution is 7.19. The molecule has 0 aliphatic carbocycles. The molecule has 2 rings (SSSR count). The van der Waals surface area contributed by atoms with Gasteiger partial charge in [-0.3, -0.25) is 0 Å². The van der Waals surface area contributed by atoms with Gasteiger partial charge in [-0.1, -0.05) is 13.0 Å². The lowest BCUT2D eigenvalue weighted by Crippen LogP contribution is -1.88. The monoisotopic (exact) mass is 233 g/mol. The van der Waals surface area contributed by atoms with E-state index in [-0.39, 0.29) is 0 Å². The van der Waals surface area contributed by atoms with Crippen LogP contribution < -0.4 is 10.5 Å². The summed E-state index contributed by atoms with van der Waals surface area (Å²) in [5.74, 6) is 0.902. The van der Waals surface area contributed by atoms with Gasteiger partial charge in [0, 0.05) is 10.4 Å². The minimum Gasteiger partial charge on any atom is -0.496 e. The first-order chi connectivity index (χ1) is 7.74. The van der Waals surface area contributed by atoms with Crippen molar-refractivity contribution < 1.29 is 4.74 Å². The van der Waals surface area contributed by atoms with E-state index in [1.54, 1.807) is 18.4 Å². The molecule has 0 bridgehead atoms. The summed E-state index contributed by atoms with van der Waals surface area (Å²) in [6.07, 6.45) is 1.03. The number of methoxy groups -OCH3 is 1. The van der Waals surface area contributed by atoms with Crippen LogP contribution in [0.5, 0.6) is 5.75 Å². The second-order valence-corrected chi connectivity index (χ2v) is 4.71. The normalized spacial score (nSPS) is 10.4. The third kappa shape index (κ3) is 2.04. The fraction of sp³-hybridized carbons (Fsp3) is 0.231. The first kappa shape index (κ1) is 11.0. The summed E-state index contributed by atoms with van der Waals surface area (Å²) in [7, 11) is 1.70. The molecule has 0 saturated heterocycles. The van der Waals surface area contributed by atoms with Gasteiger partial charge in [0.15, 0.2) is 0 Å². The maximum atomic E-state index is 5.76. The molecular weight excluding hydrogens is 218 g/mol. The molecule has 3 heteroatoms. The predicted molar refractivity (Wildman–Crippen MR) is 70.1 cm³/mol. The maximum absolute atomic E-state index is 5.76. The van der Waals surface area contributed by atoms with Gasteiger partial charge in [-0.15, -0.1) is 11.3 Å². The number of nitrogen functional groups attached to an aromatic ring is 1. The van der Waals surface area contributed by atoms with Crippen LogP contribution in [-0.4, -0.2) is 7.11 Å². The number of thiophene rings is 1. The minimum atomic E-state index is 0.832. The number of aryl methyl sites for hydroxylation is 1. The Morgan fingerprint density at radius 2 is 2.06 bits per heavy atom. The quantitative estimate of drug-likeness (QED) is 0.879. The Hall–Kier alpha value is -1.48. The molecule has 0 spiro atoms. The topological polar surface area (TPSA) is 35.2 Å². The standard InChI is InChI=1S/C13H15NOS/c1-3-9-4-5-11(15-2)10(8-9)12-6-7-13(14)16-12/h4-8H,3,14H2,1-2H3. The van der Waals surface area contributed by atoms with Crippen LogP contribution in [0.3, 0.4) is 0 Å². The number of hydrogen-bond acceptors (Lipinski definition) is 3. The largest absolute Gasteiger partial charge is 0.496 e. The van der Waals surface area contributed by atoms with Crippen molar-refractivity contribution in [1.82, 2.24) is 0 Å². The highest BCUT2D eigenvalue weighted by Gasteiger charge is 2.08. The highest BCUT2D eigenvalue weighted by Crippen LogP contribution is 2.36. The third-order valence-electron chi connectivity index (χ3n) is 2.56. The number of ether oxygens (including phenoxy) is 1. The average Bonchev–Trinajstić information content (AvgIpc) is 2.75. The molecule has 0 amide bonds. The molecule has 0 atom stereocenters. The highest BCUT2D eigenvalue weighted by atomic mass is 32.1. The average molecular weight is 233 g/mol. The maximum Gasteiger partial charge on any atom is 0.127 e. The summed E-state index contributed by atoms with van der Waals surface area (Å²) in [6.45, 7) is 2.15. The molecule has 16 heavy (non-hydrogen) atoms. The zero-order valence-corrected chi connectivity index (χ0v) is 10.3. The van der Waals surface area contributed by atoms with Gasteiger partial charge in [0.25, 0.3) is 0 Å². The van der Waals surface area contributed by atoms with Crippen LogP contribution in [0.25, 0.3) is 10.4 Å². The lowest BCUT2D eigenvalue weighted by atomic mass is 10.1. The van der Waals surface area contributed by atoms with E-state index in [1.807, 2.05) is 18.2 Å². The number of anilines is 1. The summed E-state index contributed by atoms with van der Waals surface area (Å²) in [4.78, 5) is 1.16. The molecule has 2 nitrogen and oxygen atoms in total. The van der Waals surface area contributed by atoms with Crippen LogP contribution in [0.2, 0.25) is 0 Å². The van der Waals surface area contributed by atoms with E-state index in [9.17, 15) is 0 Å². The smallest absolute Gasteiger partial charge is 0.127 e. The van der Waals surface area contributed by atoms with Crippen molar-refractivity contribution in [2.75, 3.05) is 12.8 Å². The molecule has 1 aromatic carbocycles. The fourth-order valence-corrected chi connectivity index (χ4v) is 2.46. The predicted octanol–water partition coefficient (Wildman–Crippen LogP) is 3.57. The van der Waals surface area contributed by atoms with Gasteiger partial charge < -0.3 is 10.5 Å². The molecule has 0 radical (unpaired) electrons. The zero-order valence-electron chi connectivity index (χ0n) is 9.49. The first-order valence-electron chi connectivity index (χ1n) is 5.27. The van der Waals surface area contributed by atoms with Crippen molar-refractivity contribution in [3.8, 4) is 16.2 Å².